The molecule has 0 rings (SSSR count). The van der Waals surface area contributed by atoms with Gasteiger partial charge in [-0.25, -0.2) is 0 Å². The van der Waals surface area contributed by atoms with E-state index in [0.717, 1.165) is 0 Å². The van der Waals surface area contributed by atoms with Crippen LogP contribution >= 0.6 is 0 Å². The van der Waals surface area contributed by atoms with E-state index in [0.29, 0.717) is 6.42 Å². The van der Waals surface area contributed by atoms with Gasteiger partial charge in [-0.15, -0.1) is 0 Å². The molecule has 0 unspecified atom stereocenters. The molecule has 0 amide bonds. The van der Waals surface area contributed by atoms with Crippen LogP contribution in [0.3, 0.4) is 0 Å². The Bertz CT molecular complexity index is 199. The van der Waals surface area contributed by atoms with Crippen LogP contribution in [-0.4, -0.2) is 35.0 Å². The van der Waals surface area contributed by atoms with Gasteiger partial charge in [0.05, 0.1) is 17.4 Å². The third-order valence-electron chi connectivity index (χ3n) is 2.36. The Morgan fingerprint density at radius 2 is 1.57 bits per heavy atom. The van der Waals surface area contributed by atoms with Crippen LogP contribution in [0.4, 0.5) is 0 Å². The maximum atomic E-state index is 10.8. The minimum absolute atomic E-state index is 0. The SMILES string of the molecule is CCCC(C(=O)[O-])(C(=O)[O-])C(C)C.[Mg+2]. The topological polar surface area (TPSA) is 80.3 Å². The minimum atomic E-state index is -1.84. The van der Waals surface area contributed by atoms with Crippen molar-refractivity contribution < 1.29 is 19.8 Å². The average molecular weight is 211 g/mol. The molecule has 0 N–H and O–H groups in total. The standard InChI is InChI=1S/C9H16O4.Mg/c1-4-5-9(6(2)3,7(10)11)8(12)13;/h6H,4-5H2,1-3H3,(H,10,11)(H,12,13);/q;+2/p-2. The Hall–Kier alpha value is -0.294. The third kappa shape index (κ3) is 2.85. The molecule has 76 valence electrons. The summed E-state index contributed by atoms with van der Waals surface area (Å²) in [7, 11) is 0. The smallest absolute Gasteiger partial charge is 0.549 e. The Kier molecular flexibility index (Phi) is 7.20. The molecule has 0 atom stereocenters. The van der Waals surface area contributed by atoms with Gasteiger partial charge in [-0.1, -0.05) is 27.2 Å². The quantitative estimate of drug-likeness (QED) is 0.411. The zero-order chi connectivity index (χ0) is 10.6. The number of hydrogen-bond donors (Lipinski definition) is 0. The van der Waals surface area contributed by atoms with Crippen molar-refractivity contribution in [1.29, 1.82) is 0 Å². The summed E-state index contributed by atoms with van der Waals surface area (Å²) in [6, 6.07) is 0. The van der Waals surface area contributed by atoms with Crippen molar-refractivity contribution in [2.24, 2.45) is 11.3 Å². The molecule has 0 saturated heterocycles. The summed E-state index contributed by atoms with van der Waals surface area (Å²) in [5.41, 5.74) is -1.84. The van der Waals surface area contributed by atoms with Crippen LogP contribution < -0.4 is 10.2 Å². The largest absolute Gasteiger partial charge is 2.00 e. The minimum Gasteiger partial charge on any atom is -0.549 e. The van der Waals surface area contributed by atoms with Crippen LogP contribution in [0.25, 0.3) is 0 Å². The number of carboxylic acid groups (broad SMARTS) is 2. The molecule has 0 aromatic carbocycles. The molecular weight excluding hydrogens is 196 g/mol. The summed E-state index contributed by atoms with van der Waals surface area (Å²) in [6.07, 6.45) is 0.523. The first-order valence-corrected chi connectivity index (χ1v) is 4.32. The Balaban J connectivity index is 0. The summed E-state index contributed by atoms with van der Waals surface area (Å²) < 4.78 is 0. The number of carbonyl (C=O) groups excluding carboxylic acids is 2. The van der Waals surface area contributed by atoms with Crippen molar-refractivity contribution in [3.63, 3.8) is 0 Å². The van der Waals surface area contributed by atoms with Gasteiger partial charge in [-0.3, -0.25) is 0 Å². The summed E-state index contributed by atoms with van der Waals surface area (Å²) >= 11 is 0. The Morgan fingerprint density at radius 1 is 1.21 bits per heavy atom. The van der Waals surface area contributed by atoms with Gasteiger partial charge in [-0.05, 0) is 12.3 Å². The van der Waals surface area contributed by atoms with E-state index in [2.05, 4.69) is 0 Å². The fraction of sp³-hybridized carbons (Fsp3) is 0.778. The molecule has 0 heterocycles. The van der Waals surface area contributed by atoms with Crippen LogP contribution in [0.2, 0.25) is 0 Å². The first kappa shape index (κ1) is 16.1. The summed E-state index contributed by atoms with van der Waals surface area (Å²) in [6.45, 7) is 4.81. The van der Waals surface area contributed by atoms with Crippen molar-refractivity contribution in [1.82, 2.24) is 0 Å². The number of hydrogen-bond acceptors (Lipinski definition) is 4. The number of carboxylic acids is 2. The van der Waals surface area contributed by atoms with Crippen LogP contribution in [-0.2, 0) is 9.59 Å². The predicted molar refractivity (Wildman–Crippen MR) is 47.9 cm³/mol. The van der Waals surface area contributed by atoms with Crippen molar-refractivity contribution in [3.05, 3.63) is 0 Å². The van der Waals surface area contributed by atoms with Gasteiger partial charge >= 0.3 is 23.1 Å². The second-order valence-electron chi connectivity index (χ2n) is 3.45. The number of aliphatic carboxylic acids is 2. The third-order valence-corrected chi connectivity index (χ3v) is 2.36. The van der Waals surface area contributed by atoms with Crippen LogP contribution in [0.15, 0.2) is 0 Å². The zero-order valence-electron chi connectivity index (χ0n) is 8.83. The van der Waals surface area contributed by atoms with Crippen LogP contribution in [0.1, 0.15) is 33.6 Å². The first-order chi connectivity index (χ1) is 5.89. The molecule has 0 aliphatic heterocycles. The summed E-state index contributed by atoms with van der Waals surface area (Å²) in [5, 5.41) is 21.5. The van der Waals surface area contributed by atoms with E-state index in [1.54, 1.807) is 20.8 Å². The molecule has 5 heteroatoms. The van der Waals surface area contributed by atoms with Gasteiger partial charge in [0, 0.05) is 0 Å². The first-order valence-electron chi connectivity index (χ1n) is 4.32. The number of carbonyl (C=O) groups is 2. The van der Waals surface area contributed by atoms with Gasteiger partial charge < -0.3 is 19.8 Å². The molecule has 0 radical (unpaired) electrons. The van der Waals surface area contributed by atoms with Gasteiger partial charge in [-0.2, -0.15) is 0 Å². The molecule has 0 bridgehead atoms. The predicted octanol–water partition coefficient (Wildman–Crippen LogP) is -1.45. The molecule has 4 nitrogen and oxygen atoms in total. The van der Waals surface area contributed by atoms with E-state index in [1.165, 1.54) is 0 Å². The fourth-order valence-electron chi connectivity index (χ4n) is 1.44. The second-order valence-corrected chi connectivity index (χ2v) is 3.45. The number of rotatable bonds is 5. The maximum absolute atomic E-state index is 10.8. The van der Waals surface area contributed by atoms with E-state index in [1.807, 2.05) is 0 Å². The van der Waals surface area contributed by atoms with Gasteiger partial charge in [0.2, 0.25) is 0 Å². The maximum Gasteiger partial charge on any atom is 2.00 e. The zero-order valence-corrected chi connectivity index (χ0v) is 10.2. The van der Waals surface area contributed by atoms with Crippen molar-refractivity contribution in [3.8, 4) is 0 Å². The molecule has 0 fully saturated rings. The van der Waals surface area contributed by atoms with Gasteiger partial charge in [0.1, 0.15) is 0 Å². The average Bonchev–Trinajstić information content (AvgIpc) is 1.97. The molecule has 0 spiro atoms. The van der Waals surface area contributed by atoms with E-state index >= 15 is 0 Å². The van der Waals surface area contributed by atoms with Crippen molar-refractivity contribution in [2.45, 2.75) is 33.6 Å². The van der Waals surface area contributed by atoms with Crippen LogP contribution in [0, 0.1) is 11.3 Å². The molecule has 0 aliphatic rings. The normalized spacial score (nSPS) is 10.9. The molecule has 0 aliphatic carbocycles. The Morgan fingerprint density at radius 3 is 1.64 bits per heavy atom. The van der Waals surface area contributed by atoms with E-state index in [4.69, 9.17) is 0 Å². The fourth-order valence-corrected chi connectivity index (χ4v) is 1.44. The van der Waals surface area contributed by atoms with E-state index in [-0.39, 0.29) is 29.5 Å². The Labute approximate surface area is 99.8 Å². The van der Waals surface area contributed by atoms with Gasteiger partial charge in [0.25, 0.3) is 0 Å². The molecule has 0 saturated carbocycles. The van der Waals surface area contributed by atoms with Gasteiger partial charge in [0.15, 0.2) is 0 Å². The van der Waals surface area contributed by atoms with Crippen molar-refractivity contribution >= 4 is 35.0 Å². The second kappa shape index (κ2) is 6.24. The summed E-state index contributed by atoms with van der Waals surface area (Å²) in [4.78, 5) is 21.5. The summed E-state index contributed by atoms with van der Waals surface area (Å²) in [5.74, 6) is -3.63. The van der Waals surface area contributed by atoms with Crippen molar-refractivity contribution in [2.75, 3.05) is 0 Å². The molecule has 0 aromatic heterocycles. The van der Waals surface area contributed by atoms with E-state index < -0.39 is 23.3 Å². The molecular formula is C9H14MgO4. The molecule has 14 heavy (non-hydrogen) atoms. The van der Waals surface area contributed by atoms with Crippen LogP contribution in [0.5, 0.6) is 0 Å². The van der Waals surface area contributed by atoms with E-state index in [9.17, 15) is 19.8 Å². The monoisotopic (exact) mass is 210 g/mol. The molecule has 0 aromatic rings.